The van der Waals surface area contributed by atoms with Gasteiger partial charge in [-0.25, -0.2) is 0 Å². The van der Waals surface area contributed by atoms with Crippen molar-refractivity contribution in [3.05, 3.63) is 83.4 Å². The monoisotopic (exact) mass is 346 g/mol. The minimum Gasteiger partial charge on any atom is -0.337 e. The number of nitrogens with one attached hydrogen (secondary N) is 1. The molecule has 1 unspecified atom stereocenters. The van der Waals surface area contributed by atoms with Crippen LogP contribution in [0.5, 0.6) is 0 Å². The quantitative estimate of drug-likeness (QED) is 0.787. The summed E-state index contributed by atoms with van der Waals surface area (Å²) < 4.78 is 0. The van der Waals surface area contributed by atoms with E-state index in [0.29, 0.717) is 12.2 Å². The zero-order valence-electron chi connectivity index (χ0n) is 14.6. The van der Waals surface area contributed by atoms with Crippen LogP contribution in [0.2, 0.25) is 0 Å². The highest BCUT2D eigenvalue weighted by molar-refractivity contribution is 5.92. The number of rotatable bonds is 4. The van der Waals surface area contributed by atoms with Crippen molar-refractivity contribution >= 4 is 5.91 Å². The molecular weight excluding hydrogens is 324 g/mol. The lowest BCUT2D eigenvalue weighted by Gasteiger charge is -2.32. The summed E-state index contributed by atoms with van der Waals surface area (Å²) in [7, 11) is 0. The Bertz CT molecular complexity index is 860. The van der Waals surface area contributed by atoms with Gasteiger partial charge in [0.05, 0.1) is 6.20 Å². The molecule has 1 fully saturated rings. The molecule has 0 saturated carbocycles. The van der Waals surface area contributed by atoms with E-state index >= 15 is 0 Å². The van der Waals surface area contributed by atoms with Crippen molar-refractivity contribution in [2.24, 2.45) is 0 Å². The van der Waals surface area contributed by atoms with Crippen molar-refractivity contribution in [3.63, 3.8) is 0 Å². The predicted octanol–water partition coefficient (Wildman–Crippen LogP) is 3.42. The highest BCUT2D eigenvalue weighted by Crippen LogP contribution is 2.29. The minimum absolute atomic E-state index is 0.0134. The molecule has 1 amide bonds. The van der Waals surface area contributed by atoms with E-state index in [1.165, 1.54) is 11.1 Å². The summed E-state index contributed by atoms with van der Waals surface area (Å²) in [5, 5.41) is 7.47. The number of aromatic amines is 1. The van der Waals surface area contributed by atoms with E-state index in [2.05, 4.69) is 39.4 Å². The normalized spacial score (nSPS) is 17.2. The second kappa shape index (κ2) is 7.52. The van der Waals surface area contributed by atoms with Gasteiger partial charge >= 0.3 is 0 Å². The Balaban J connectivity index is 1.50. The van der Waals surface area contributed by atoms with E-state index in [1.54, 1.807) is 12.3 Å². The molecule has 1 N–H and O–H groups in total. The third kappa shape index (κ3) is 3.52. The molecule has 1 aromatic carbocycles. The molecule has 0 radical (unpaired) electrons. The van der Waals surface area contributed by atoms with Crippen LogP contribution in [0.1, 0.15) is 46.1 Å². The Morgan fingerprint density at radius 2 is 2.00 bits per heavy atom. The first kappa shape index (κ1) is 16.5. The first-order valence-electron chi connectivity index (χ1n) is 9.07. The highest BCUT2D eigenvalue weighted by atomic mass is 16.2. The molecule has 0 aliphatic carbocycles. The third-order valence-electron chi connectivity index (χ3n) is 4.99. The molecule has 0 bridgehead atoms. The van der Waals surface area contributed by atoms with Crippen molar-refractivity contribution < 1.29 is 4.79 Å². The minimum atomic E-state index is 0.0134. The number of H-pyrrole nitrogens is 1. The number of likely N-dealkylation sites (tertiary alicyclic amines) is 1. The van der Waals surface area contributed by atoms with Crippen LogP contribution in [0.15, 0.2) is 60.9 Å². The summed E-state index contributed by atoms with van der Waals surface area (Å²) in [6.07, 6.45) is 6.50. The van der Waals surface area contributed by atoms with E-state index < -0.39 is 0 Å². The maximum Gasteiger partial charge on any atom is 0.272 e. The molecule has 4 rings (SSSR count). The van der Waals surface area contributed by atoms with Crippen LogP contribution in [-0.2, 0) is 6.42 Å². The topological polar surface area (TPSA) is 61.9 Å². The highest BCUT2D eigenvalue weighted by Gasteiger charge is 2.28. The molecule has 132 valence electrons. The van der Waals surface area contributed by atoms with Gasteiger partial charge in [-0.05, 0) is 36.1 Å². The van der Waals surface area contributed by atoms with E-state index in [0.717, 1.165) is 31.5 Å². The number of pyridine rings is 1. The van der Waals surface area contributed by atoms with E-state index in [-0.39, 0.29) is 11.8 Å². The van der Waals surface area contributed by atoms with Crippen LogP contribution in [0.4, 0.5) is 0 Å². The molecule has 5 nitrogen and oxygen atoms in total. The predicted molar refractivity (Wildman–Crippen MR) is 100.0 cm³/mol. The van der Waals surface area contributed by atoms with Gasteiger partial charge in [0.25, 0.3) is 5.91 Å². The number of nitrogens with zero attached hydrogens (tertiary/aromatic N) is 3. The van der Waals surface area contributed by atoms with Crippen LogP contribution in [0.3, 0.4) is 0 Å². The van der Waals surface area contributed by atoms with Crippen LogP contribution in [0, 0.1) is 0 Å². The van der Waals surface area contributed by atoms with Gasteiger partial charge in [-0.15, -0.1) is 0 Å². The van der Waals surface area contributed by atoms with Gasteiger partial charge in [0.1, 0.15) is 5.69 Å². The first-order valence-corrected chi connectivity index (χ1v) is 9.07. The lowest BCUT2D eigenvalue weighted by molar-refractivity contribution is 0.0699. The second-order valence-electron chi connectivity index (χ2n) is 6.78. The van der Waals surface area contributed by atoms with E-state index in [9.17, 15) is 4.79 Å². The molecule has 1 saturated heterocycles. The maximum absolute atomic E-state index is 12.7. The van der Waals surface area contributed by atoms with Crippen molar-refractivity contribution in [2.75, 3.05) is 13.1 Å². The molecule has 3 aromatic rings. The van der Waals surface area contributed by atoms with Crippen molar-refractivity contribution in [1.29, 1.82) is 0 Å². The summed E-state index contributed by atoms with van der Waals surface area (Å²) in [4.78, 5) is 18.9. The van der Waals surface area contributed by atoms with Crippen molar-refractivity contribution in [3.8, 4) is 0 Å². The Hall–Kier alpha value is -2.95. The Morgan fingerprint density at radius 3 is 2.81 bits per heavy atom. The molecule has 1 atom stereocenters. The largest absolute Gasteiger partial charge is 0.337 e. The zero-order valence-corrected chi connectivity index (χ0v) is 14.6. The molecule has 3 heterocycles. The fourth-order valence-corrected chi connectivity index (χ4v) is 3.68. The zero-order chi connectivity index (χ0) is 17.8. The molecule has 26 heavy (non-hydrogen) atoms. The second-order valence-corrected chi connectivity index (χ2v) is 6.78. The van der Waals surface area contributed by atoms with Gasteiger partial charge in [-0.3, -0.25) is 14.9 Å². The van der Waals surface area contributed by atoms with Gasteiger partial charge in [0.15, 0.2) is 0 Å². The van der Waals surface area contributed by atoms with Gasteiger partial charge in [0, 0.05) is 37.3 Å². The number of amides is 1. The molecule has 2 aromatic heterocycles. The smallest absolute Gasteiger partial charge is 0.272 e. The van der Waals surface area contributed by atoms with Crippen LogP contribution >= 0.6 is 0 Å². The third-order valence-corrected chi connectivity index (χ3v) is 4.99. The number of aromatic nitrogens is 3. The number of hydrogen-bond donors (Lipinski definition) is 1. The van der Waals surface area contributed by atoms with Crippen LogP contribution < -0.4 is 0 Å². The standard InChI is InChI=1S/C21H22N4O/c26-21(19-10-4-5-11-22-19)25-12-6-9-17(15-25)20-18(14-23-24-20)13-16-7-2-1-3-8-16/h1-5,7-8,10-11,14,17H,6,9,12-13,15H2,(H,23,24). The number of piperidine rings is 1. The van der Waals surface area contributed by atoms with E-state index in [1.807, 2.05) is 29.3 Å². The summed E-state index contributed by atoms with van der Waals surface area (Å²) in [5.74, 6) is 0.303. The average molecular weight is 346 g/mol. The van der Waals surface area contributed by atoms with Gasteiger partial charge in [-0.1, -0.05) is 36.4 Å². The van der Waals surface area contributed by atoms with E-state index in [4.69, 9.17) is 0 Å². The molecule has 1 aliphatic rings. The number of hydrogen-bond acceptors (Lipinski definition) is 3. The maximum atomic E-state index is 12.7. The Morgan fingerprint density at radius 1 is 1.15 bits per heavy atom. The Kier molecular flexibility index (Phi) is 4.78. The fourth-order valence-electron chi connectivity index (χ4n) is 3.68. The van der Waals surface area contributed by atoms with Gasteiger partial charge in [0.2, 0.25) is 0 Å². The summed E-state index contributed by atoms with van der Waals surface area (Å²) in [6.45, 7) is 1.49. The Labute approximate surface area is 153 Å². The van der Waals surface area contributed by atoms with Crippen molar-refractivity contribution in [2.45, 2.75) is 25.2 Å². The SMILES string of the molecule is O=C(c1ccccn1)N1CCCC(c2[nH]ncc2Cc2ccccc2)C1. The number of benzene rings is 1. The van der Waals surface area contributed by atoms with Crippen LogP contribution in [0.25, 0.3) is 0 Å². The first-order chi connectivity index (χ1) is 12.8. The lowest BCUT2D eigenvalue weighted by Crippen LogP contribution is -2.39. The van der Waals surface area contributed by atoms with Gasteiger partial charge < -0.3 is 4.90 Å². The fraction of sp³-hybridized carbons (Fsp3) is 0.286. The molecule has 5 heteroatoms. The van der Waals surface area contributed by atoms with Crippen molar-refractivity contribution in [1.82, 2.24) is 20.1 Å². The number of carbonyl (C=O) groups is 1. The summed E-state index contributed by atoms with van der Waals surface area (Å²) in [6, 6.07) is 15.9. The van der Waals surface area contributed by atoms with Crippen LogP contribution in [-0.4, -0.2) is 39.1 Å². The summed E-state index contributed by atoms with van der Waals surface area (Å²) >= 11 is 0. The molecular formula is C21H22N4O. The molecule has 0 spiro atoms. The molecule has 1 aliphatic heterocycles. The lowest BCUT2D eigenvalue weighted by atomic mass is 9.90. The average Bonchev–Trinajstić information content (AvgIpc) is 3.17. The van der Waals surface area contributed by atoms with Gasteiger partial charge in [-0.2, -0.15) is 5.10 Å². The number of carbonyl (C=O) groups excluding carboxylic acids is 1. The summed E-state index contributed by atoms with van der Waals surface area (Å²) in [5.41, 5.74) is 4.16.